The third-order valence-electron chi connectivity index (χ3n) is 2.58. The van der Waals surface area contributed by atoms with Crippen molar-refractivity contribution in [1.82, 2.24) is 0 Å². The summed E-state index contributed by atoms with van der Waals surface area (Å²) in [7, 11) is 0. The summed E-state index contributed by atoms with van der Waals surface area (Å²) >= 11 is 6.06. The average Bonchev–Trinajstić information content (AvgIpc) is 2.23. The minimum atomic E-state index is 0.113. The van der Waals surface area contributed by atoms with E-state index in [0.29, 0.717) is 10.6 Å². The van der Waals surface area contributed by atoms with E-state index in [0.717, 1.165) is 11.1 Å². The number of aromatic hydroxyl groups is 1. The number of nitrogens with zero attached hydrogens (tertiary/aromatic N) is 1. The molecule has 0 bridgehead atoms. The van der Waals surface area contributed by atoms with E-state index in [1.165, 1.54) is 6.08 Å². The molecule has 0 aliphatic heterocycles. The smallest absolute Gasteiger partial charge is 0.235 e. The minimum absolute atomic E-state index is 0.113. The van der Waals surface area contributed by atoms with Gasteiger partial charge in [-0.25, -0.2) is 9.79 Å². The molecule has 3 nitrogen and oxygen atoms in total. The van der Waals surface area contributed by atoms with Gasteiger partial charge in [0.1, 0.15) is 5.75 Å². The number of carbonyl (C=O) groups excluding carboxylic acids is 1. The Labute approximate surface area is 99.8 Å². The van der Waals surface area contributed by atoms with Crippen molar-refractivity contribution in [1.29, 1.82) is 0 Å². The van der Waals surface area contributed by atoms with E-state index < -0.39 is 0 Å². The molecule has 0 spiro atoms. The number of halogens is 1. The summed E-state index contributed by atoms with van der Waals surface area (Å²) in [5, 5.41) is 10.6. The molecule has 0 heterocycles. The Morgan fingerprint density at radius 3 is 2.69 bits per heavy atom. The molecule has 0 fully saturated rings. The molecule has 0 saturated heterocycles. The Morgan fingerprint density at radius 1 is 1.56 bits per heavy atom. The Morgan fingerprint density at radius 2 is 2.19 bits per heavy atom. The number of hydrogen-bond acceptors (Lipinski definition) is 3. The van der Waals surface area contributed by atoms with Crippen molar-refractivity contribution in [2.75, 3.05) is 0 Å². The molecule has 0 amide bonds. The number of rotatable bonds is 3. The van der Waals surface area contributed by atoms with Gasteiger partial charge in [-0.05, 0) is 30.0 Å². The van der Waals surface area contributed by atoms with E-state index >= 15 is 0 Å². The first kappa shape index (κ1) is 12.8. The molecular formula is C12H14ClNO2. The lowest BCUT2D eigenvalue weighted by Crippen LogP contribution is -1.97. The standard InChI is InChI=1S/C12H14ClNO2/c1-7(2)9-4-11(13)8(3)10(12(9)16)5-14-6-15/h4,7,16H,5H2,1-3H3. The number of benzene rings is 1. The van der Waals surface area contributed by atoms with Crippen molar-refractivity contribution in [3.05, 3.63) is 27.8 Å². The van der Waals surface area contributed by atoms with E-state index in [1.54, 1.807) is 13.0 Å². The highest BCUT2D eigenvalue weighted by molar-refractivity contribution is 6.31. The van der Waals surface area contributed by atoms with Crippen LogP contribution in [-0.2, 0) is 11.3 Å². The zero-order valence-corrected chi connectivity index (χ0v) is 10.3. The molecule has 86 valence electrons. The molecular weight excluding hydrogens is 226 g/mol. The van der Waals surface area contributed by atoms with Crippen LogP contribution in [0.25, 0.3) is 0 Å². The molecule has 1 aromatic rings. The van der Waals surface area contributed by atoms with E-state index in [4.69, 9.17) is 11.6 Å². The highest BCUT2D eigenvalue weighted by Gasteiger charge is 2.15. The summed E-state index contributed by atoms with van der Waals surface area (Å²) in [5.74, 6) is 0.341. The van der Waals surface area contributed by atoms with Crippen molar-refractivity contribution < 1.29 is 9.90 Å². The summed E-state index contributed by atoms with van der Waals surface area (Å²) in [4.78, 5) is 13.6. The van der Waals surface area contributed by atoms with Crippen LogP contribution in [0.2, 0.25) is 5.02 Å². The zero-order chi connectivity index (χ0) is 12.3. The Kier molecular flexibility index (Phi) is 4.11. The van der Waals surface area contributed by atoms with Crippen molar-refractivity contribution in [2.24, 2.45) is 4.99 Å². The number of phenolic OH excluding ortho intramolecular Hbond substituents is 1. The second-order valence-corrected chi connectivity index (χ2v) is 4.37. The first-order valence-electron chi connectivity index (χ1n) is 5.03. The maximum Gasteiger partial charge on any atom is 0.235 e. The minimum Gasteiger partial charge on any atom is -0.507 e. The van der Waals surface area contributed by atoms with Gasteiger partial charge in [0.05, 0.1) is 6.54 Å². The highest BCUT2D eigenvalue weighted by atomic mass is 35.5. The zero-order valence-electron chi connectivity index (χ0n) is 9.54. The van der Waals surface area contributed by atoms with Crippen molar-refractivity contribution in [3.8, 4) is 5.75 Å². The van der Waals surface area contributed by atoms with Gasteiger partial charge < -0.3 is 5.11 Å². The average molecular weight is 240 g/mol. The van der Waals surface area contributed by atoms with Gasteiger partial charge in [0.15, 0.2) is 0 Å². The van der Waals surface area contributed by atoms with Crippen LogP contribution < -0.4 is 0 Å². The Balaban J connectivity index is 3.38. The largest absolute Gasteiger partial charge is 0.507 e. The molecule has 1 N–H and O–H groups in total. The fraction of sp³-hybridized carbons (Fsp3) is 0.417. The van der Waals surface area contributed by atoms with Gasteiger partial charge in [-0.3, -0.25) is 0 Å². The van der Waals surface area contributed by atoms with Crippen molar-refractivity contribution in [2.45, 2.75) is 33.2 Å². The van der Waals surface area contributed by atoms with Crippen LogP contribution in [0.3, 0.4) is 0 Å². The summed E-state index contributed by atoms with van der Waals surface area (Å²) in [5.41, 5.74) is 2.12. The normalized spacial score (nSPS) is 10.3. The van der Waals surface area contributed by atoms with E-state index in [1.807, 2.05) is 13.8 Å². The molecule has 16 heavy (non-hydrogen) atoms. The summed E-state index contributed by atoms with van der Waals surface area (Å²) in [6.45, 7) is 5.84. The van der Waals surface area contributed by atoms with Gasteiger partial charge in [-0.1, -0.05) is 25.4 Å². The predicted octanol–water partition coefficient (Wildman–Crippen LogP) is 3.31. The number of isocyanates is 1. The first-order chi connectivity index (χ1) is 7.49. The molecule has 0 aromatic heterocycles. The fourth-order valence-corrected chi connectivity index (χ4v) is 1.79. The topological polar surface area (TPSA) is 49.7 Å². The number of aliphatic imine (C=N–C) groups is 1. The van der Waals surface area contributed by atoms with Crippen LogP contribution in [-0.4, -0.2) is 11.2 Å². The maximum absolute atomic E-state index is 10.1. The van der Waals surface area contributed by atoms with Gasteiger partial charge >= 0.3 is 0 Å². The first-order valence-corrected chi connectivity index (χ1v) is 5.41. The lowest BCUT2D eigenvalue weighted by Gasteiger charge is -2.15. The second kappa shape index (κ2) is 5.15. The third-order valence-corrected chi connectivity index (χ3v) is 2.97. The molecule has 4 heteroatoms. The van der Waals surface area contributed by atoms with Crippen LogP contribution in [0.4, 0.5) is 0 Å². The van der Waals surface area contributed by atoms with Gasteiger partial charge in [0.25, 0.3) is 0 Å². The van der Waals surface area contributed by atoms with E-state index in [9.17, 15) is 9.90 Å². The quantitative estimate of drug-likeness (QED) is 0.650. The van der Waals surface area contributed by atoms with E-state index in [-0.39, 0.29) is 18.2 Å². The monoisotopic (exact) mass is 239 g/mol. The molecule has 1 aromatic carbocycles. The predicted molar refractivity (Wildman–Crippen MR) is 63.8 cm³/mol. The van der Waals surface area contributed by atoms with Gasteiger partial charge in [-0.2, -0.15) is 0 Å². The molecule has 0 aliphatic rings. The van der Waals surface area contributed by atoms with Crippen molar-refractivity contribution >= 4 is 17.7 Å². The summed E-state index contributed by atoms with van der Waals surface area (Å²) in [6.07, 6.45) is 1.46. The highest BCUT2D eigenvalue weighted by Crippen LogP contribution is 2.35. The molecule has 0 unspecified atom stereocenters. The fourth-order valence-electron chi connectivity index (χ4n) is 1.55. The SMILES string of the molecule is Cc1c(Cl)cc(C(C)C)c(O)c1CN=C=O. The van der Waals surface area contributed by atoms with Crippen LogP contribution >= 0.6 is 11.6 Å². The molecule has 0 saturated carbocycles. The summed E-state index contributed by atoms with van der Waals surface area (Å²) in [6, 6.07) is 1.75. The summed E-state index contributed by atoms with van der Waals surface area (Å²) < 4.78 is 0. The Bertz CT molecular complexity index is 449. The van der Waals surface area contributed by atoms with Gasteiger partial charge in [0, 0.05) is 10.6 Å². The molecule has 0 atom stereocenters. The van der Waals surface area contributed by atoms with Crippen molar-refractivity contribution in [3.63, 3.8) is 0 Å². The lowest BCUT2D eigenvalue weighted by molar-refractivity contribution is 0.457. The number of phenols is 1. The Hall–Kier alpha value is -1.31. The van der Waals surface area contributed by atoms with Gasteiger partial charge in [0.2, 0.25) is 6.08 Å². The molecule has 0 radical (unpaired) electrons. The molecule has 0 aliphatic carbocycles. The molecule has 1 rings (SSSR count). The third kappa shape index (κ3) is 2.43. The van der Waals surface area contributed by atoms with Crippen LogP contribution in [0.1, 0.15) is 36.5 Å². The van der Waals surface area contributed by atoms with E-state index in [2.05, 4.69) is 4.99 Å². The van der Waals surface area contributed by atoms with Crippen LogP contribution in [0.15, 0.2) is 11.1 Å². The van der Waals surface area contributed by atoms with Crippen LogP contribution in [0.5, 0.6) is 5.75 Å². The van der Waals surface area contributed by atoms with Gasteiger partial charge in [-0.15, -0.1) is 0 Å². The lowest BCUT2D eigenvalue weighted by atomic mass is 9.96. The van der Waals surface area contributed by atoms with Crippen LogP contribution in [0, 0.1) is 6.92 Å². The number of hydrogen-bond donors (Lipinski definition) is 1. The maximum atomic E-state index is 10.1. The second-order valence-electron chi connectivity index (χ2n) is 3.96.